The Kier molecular flexibility index (Phi) is 7.90. The van der Waals surface area contributed by atoms with Gasteiger partial charge in [0.1, 0.15) is 6.61 Å². The van der Waals surface area contributed by atoms with Crippen molar-refractivity contribution in [2.45, 2.75) is 6.61 Å². The normalized spacial score (nSPS) is 10.3. The van der Waals surface area contributed by atoms with Crippen LogP contribution in [0.2, 0.25) is 5.02 Å². The maximum Gasteiger partial charge on any atom is 0.251 e. The average Bonchev–Trinajstić information content (AvgIpc) is 2.81. The summed E-state index contributed by atoms with van der Waals surface area (Å²) in [5, 5.41) is 6.21. The molecule has 0 bridgehead atoms. The van der Waals surface area contributed by atoms with Crippen LogP contribution < -0.4 is 20.1 Å². The summed E-state index contributed by atoms with van der Waals surface area (Å²) in [5.74, 6) is 0.540. The smallest absolute Gasteiger partial charge is 0.251 e. The second-order valence-electron chi connectivity index (χ2n) is 6.66. The van der Waals surface area contributed by atoms with E-state index in [-0.39, 0.29) is 11.8 Å². The van der Waals surface area contributed by atoms with Gasteiger partial charge in [0.05, 0.1) is 7.11 Å². The second kappa shape index (κ2) is 11.0. The molecule has 0 unspecified atom stereocenters. The third-order valence-corrected chi connectivity index (χ3v) is 4.72. The van der Waals surface area contributed by atoms with Gasteiger partial charge in [0, 0.05) is 29.2 Å². The van der Waals surface area contributed by atoms with E-state index in [1.807, 2.05) is 18.2 Å². The molecule has 0 aromatic heterocycles. The molecule has 0 fully saturated rings. The molecule has 0 aliphatic carbocycles. The summed E-state index contributed by atoms with van der Waals surface area (Å²) in [6, 6.07) is 21.3. The van der Waals surface area contributed by atoms with Gasteiger partial charge in [-0.15, -0.1) is 0 Å². The lowest BCUT2D eigenvalue weighted by Crippen LogP contribution is -2.34. The minimum absolute atomic E-state index is 0.182. The highest BCUT2D eigenvalue weighted by atomic mass is 35.5. The summed E-state index contributed by atoms with van der Waals surface area (Å²) in [6.45, 7) is 0.966. The van der Waals surface area contributed by atoms with E-state index in [9.17, 15) is 9.59 Å². The van der Waals surface area contributed by atoms with Gasteiger partial charge in [-0.05, 0) is 48.0 Å². The fraction of sp³-hybridized carbons (Fsp3) is 0.167. The zero-order chi connectivity index (χ0) is 22.1. The molecule has 2 N–H and O–H groups in total. The van der Waals surface area contributed by atoms with Crippen LogP contribution in [0.25, 0.3) is 0 Å². The topological polar surface area (TPSA) is 76.7 Å². The van der Waals surface area contributed by atoms with Gasteiger partial charge in [0.15, 0.2) is 11.5 Å². The van der Waals surface area contributed by atoms with Crippen molar-refractivity contribution in [3.8, 4) is 11.5 Å². The molecular formula is C24H23ClN2O4. The quantitative estimate of drug-likeness (QED) is 0.493. The van der Waals surface area contributed by atoms with Crippen molar-refractivity contribution in [2.24, 2.45) is 0 Å². The molecule has 2 amide bonds. The number of benzene rings is 3. The molecule has 7 heteroatoms. The standard InChI is InChI=1S/C24H23ClN2O4/c1-30-22-15-19(9-12-21(22)31-16-17-7-10-20(25)11-8-17)24(29)27-14-13-26-23(28)18-5-3-2-4-6-18/h2-12,15H,13-14,16H2,1H3,(H,26,28)(H,27,29). The zero-order valence-electron chi connectivity index (χ0n) is 17.1. The lowest BCUT2D eigenvalue weighted by molar-refractivity contribution is 0.0927. The maximum atomic E-state index is 12.4. The minimum Gasteiger partial charge on any atom is -0.493 e. The van der Waals surface area contributed by atoms with Crippen molar-refractivity contribution in [3.05, 3.63) is 94.5 Å². The summed E-state index contributed by atoms with van der Waals surface area (Å²) in [4.78, 5) is 24.4. The number of ether oxygens (including phenoxy) is 2. The molecule has 0 atom stereocenters. The van der Waals surface area contributed by atoms with E-state index in [0.717, 1.165) is 5.56 Å². The number of hydrogen-bond donors (Lipinski definition) is 2. The Labute approximate surface area is 186 Å². The number of amides is 2. The van der Waals surface area contributed by atoms with Crippen LogP contribution in [0, 0.1) is 0 Å². The number of rotatable bonds is 9. The van der Waals surface area contributed by atoms with Crippen molar-refractivity contribution in [3.63, 3.8) is 0 Å². The Bertz CT molecular complexity index is 1020. The molecular weight excluding hydrogens is 416 g/mol. The Morgan fingerprint density at radius 3 is 2.10 bits per heavy atom. The SMILES string of the molecule is COc1cc(C(=O)NCCNC(=O)c2ccccc2)ccc1OCc1ccc(Cl)cc1. The maximum absolute atomic E-state index is 12.4. The van der Waals surface area contributed by atoms with Crippen molar-refractivity contribution >= 4 is 23.4 Å². The van der Waals surface area contributed by atoms with E-state index >= 15 is 0 Å². The molecule has 6 nitrogen and oxygen atoms in total. The van der Waals surface area contributed by atoms with Crippen molar-refractivity contribution in [1.29, 1.82) is 0 Å². The number of hydrogen-bond acceptors (Lipinski definition) is 4. The van der Waals surface area contributed by atoms with Crippen LogP contribution in [-0.4, -0.2) is 32.0 Å². The first kappa shape index (κ1) is 22.2. The third kappa shape index (κ3) is 6.49. The predicted octanol–water partition coefficient (Wildman–Crippen LogP) is 4.09. The Morgan fingerprint density at radius 1 is 0.806 bits per heavy atom. The average molecular weight is 439 g/mol. The molecule has 0 radical (unpaired) electrons. The molecule has 0 saturated heterocycles. The highest BCUT2D eigenvalue weighted by molar-refractivity contribution is 6.30. The minimum atomic E-state index is -0.267. The lowest BCUT2D eigenvalue weighted by atomic mass is 10.2. The molecule has 160 valence electrons. The second-order valence-corrected chi connectivity index (χ2v) is 7.10. The first-order valence-electron chi connectivity index (χ1n) is 9.73. The van der Waals surface area contributed by atoms with E-state index in [1.165, 1.54) is 7.11 Å². The molecule has 0 saturated carbocycles. The summed E-state index contributed by atoms with van der Waals surface area (Å²) >= 11 is 5.89. The molecule has 0 spiro atoms. The monoisotopic (exact) mass is 438 g/mol. The number of nitrogens with one attached hydrogen (secondary N) is 2. The fourth-order valence-corrected chi connectivity index (χ4v) is 2.94. The van der Waals surface area contributed by atoms with E-state index in [1.54, 1.807) is 54.6 Å². The largest absolute Gasteiger partial charge is 0.493 e. The molecule has 0 aliphatic rings. The van der Waals surface area contributed by atoms with Crippen molar-refractivity contribution in [2.75, 3.05) is 20.2 Å². The third-order valence-electron chi connectivity index (χ3n) is 4.47. The van der Waals surface area contributed by atoms with Crippen LogP contribution in [0.4, 0.5) is 0 Å². The summed E-state index contributed by atoms with van der Waals surface area (Å²) in [5.41, 5.74) is 1.98. The van der Waals surface area contributed by atoms with Gasteiger partial charge in [0.2, 0.25) is 0 Å². The molecule has 31 heavy (non-hydrogen) atoms. The summed E-state index contributed by atoms with van der Waals surface area (Å²) < 4.78 is 11.2. The van der Waals surface area contributed by atoms with Gasteiger partial charge in [0.25, 0.3) is 11.8 Å². The summed E-state index contributed by atoms with van der Waals surface area (Å²) in [7, 11) is 1.52. The van der Waals surface area contributed by atoms with Crippen LogP contribution in [0.15, 0.2) is 72.8 Å². The van der Waals surface area contributed by atoms with Gasteiger partial charge in [-0.25, -0.2) is 0 Å². The van der Waals surface area contributed by atoms with Gasteiger partial charge in [-0.1, -0.05) is 41.9 Å². The highest BCUT2D eigenvalue weighted by Gasteiger charge is 2.12. The molecule has 0 heterocycles. The fourth-order valence-electron chi connectivity index (χ4n) is 2.82. The predicted molar refractivity (Wildman–Crippen MR) is 120 cm³/mol. The van der Waals surface area contributed by atoms with Gasteiger partial charge >= 0.3 is 0 Å². The number of carbonyl (C=O) groups is 2. The molecule has 3 rings (SSSR count). The van der Waals surface area contributed by atoms with Crippen LogP contribution in [0.1, 0.15) is 26.3 Å². The van der Waals surface area contributed by atoms with Crippen molar-refractivity contribution < 1.29 is 19.1 Å². The van der Waals surface area contributed by atoms with Gasteiger partial charge in [-0.2, -0.15) is 0 Å². The molecule has 0 aliphatic heterocycles. The van der Waals surface area contributed by atoms with E-state index in [0.29, 0.717) is 47.3 Å². The van der Waals surface area contributed by atoms with Gasteiger partial charge in [-0.3, -0.25) is 9.59 Å². The van der Waals surface area contributed by atoms with E-state index in [4.69, 9.17) is 21.1 Å². The number of halogens is 1. The first-order valence-corrected chi connectivity index (χ1v) is 10.1. The van der Waals surface area contributed by atoms with Crippen LogP contribution in [0.3, 0.4) is 0 Å². The highest BCUT2D eigenvalue weighted by Crippen LogP contribution is 2.29. The number of carbonyl (C=O) groups excluding carboxylic acids is 2. The summed E-state index contributed by atoms with van der Waals surface area (Å²) in [6.07, 6.45) is 0. The molecule has 3 aromatic carbocycles. The number of methoxy groups -OCH3 is 1. The van der Waals surface area contributed by atoms with E-state index in [2.05, 4.69) is 10.6 Å². The van der Waals surface area contributed by atoms with Gasteiger partial charge < -0.3 is 20.1 Å². The zero-order valence-corrected chi connectivity index (χ0v) is 17.8. The first-order chi connectivity index (χ1) is 15.1. The van der Waals surface area contributed by atoms with Crippen molar-refractivity contribution in [1.82, 2.24) is 10.6 Å². The van der Waals surface area contributed by atoms with Crippen LogP contribution in [0.5, 0.6) is 11.5 Å². The Balaban J connectivity index is 1.50. The Hall–Kier alpha value is -3.51. The van der Waals surface area contributed by atoms with E-state index < -0.39 is 0 Å². The van der Waals surface area contributed by atoms with Crippen LogP contribution in [-0.2, 0) is 6.61 Å². The Morgan fingerprint density at radius 2 is 1.45 bits per heavy atom. The molecule has 3 aromatic rings. The lowest BCUT2D eigenvalue weighted by Gasteiger charge is -2.13. The van der Waals surface area contributed by atoms with Crippen LogP contribution >= 0.6 is 11.6 Å².